The fraction of sp³-hybridized carbons (Fsp3) is 0.233. The fourth-order valence-electron chi connectivity index (χ4n) is 4.26. The molecule has 0 N–H and O–H groups in total. The molecule has 4 rings (SSSR count). The number of rotatable bonds is 8. The Kier molecular flexibility index (Phi) is 9.02. The highest BCUT2D eigenvalue weighted by Crippen LogP contribution is 2.38. The Balaban J connectivity index is 1.50. The molecule has 192 valence electrons. The highest BCUT2D eigenvalue weighted by Gasteiger charge is 2.24. The van der Waals surface area contributed by atoms with Crippen molar-refractivity contribution in [2.24, 2.45) is 0 Å². The van der Waals surface area contributed by atoms with E-state index in [9.17, 15) is 15.3 Å². The van der Waals surface area contributed by atoms with E-state index < -0.39 is 0 Å². The summed E-state index contributed by atoms with van der Waals surface area (Å²) in [7, 11) is 0. The van der Waals surface area contributed by atoms with E-state index in [1.54, 1.807) is 29.2 Å². The molecule has 38 heavy (non-hydrogen) atoms. The number of para-hydroxylation sites is 1. The Morgan fingerprint density at radius 3 is 2.39 bits per heavy atom. The number of nitrogens with zero attached hydrogens (tertiary/aromatic N) is 4. The van der Waals surface area contributed by atoms with Crippen LogP contribution in [-0.2, 0) is 11.4 Å². The standard InChI is InChI=1S/C30H27BrN4O3/c1-2-37-28-18-22(17-27(31)29(28)38-21-24-9-7-6-8-23(24)19-32)16-25(20-33)30(36)35-14-12-34(13-15-35)26-10-4-3-5-11-26/h3-11,16-18H,2,12-15,21H2,1H3/b25-16-. The molecule has 3 aromatic rings. The van der Waals surface area contributed by atoms with E-state index in [1.807, 2.05) is 43.3 Å². The lowest BCUT2D eigenvalue weighted by Gasteiger charge is -2.36. The van der Waals surface area contributed by atoms with Crippen LogP contribution in [0.1, 0.15) is 23.6 Å². The first-order valence-corrected chi connectivity index (χ1v) is 13.1. The second kappa shape index (κ2) is 12.8. The van der Waals surface area contributed by atoms with E-state index in [4.69, 9.17) is 9.47 Å². The summed E-state index contributed by atoms with van der Waals surface area (Å²) in [6.07, 6.45) is 1.58. The van der Waals surface area contributed by atoms with Gasteiger partial charge < -0.3 is 19.3 Å². The van der Waals surface area contributed by atoms with Crippen LogP contribution in [0, 0.1) is 22.7 Å². The van der Waals surface area contributed by atoms with Gasteiger partial charge in [-0.15, -0.1) is 0 Å². The molecule has 3 aromatic carbocycles. The van der Waals surface area contributed by atoms with Gasteiger partial charge in [0.25, 0.3) is 5.91 Å². The molecule has 0 saturated carbocycles. The van der Waals surface area contributed by atoms with Gasteiger partial charge in [-0.1, -0.05) is 36.4 Å². The number of amides is 1. The van der Waals surface area contributed by atoms with Gasteiger partial charge in [0.2, 0.25) is 0 Å². The van der Waals surface area contributed by atoms with Crippen molar-refractivity contribution in [3.8, 4) is 23.6 Å². The average molecular weight is 571 g/mol. The number of benzene rings is 3. The predicted molar refractivity (Wildman–Crippen MR) is 150 cm³/mol. The molecular formula is C30H27BrN4O3. The number of carbonyl (C=O) groups is 1. The van der Waals surface area contributed by atoms with Crippen LogP contribution in [-0.4, -0.2) is 43.6 Å². The molecular weight excluding hydrogens is 544 g/mol. The third-order valence-electron chi connectivity index (χ3n) is 6.19. The van der Waals surface area contributed by atoms with Gasteiger partial charge in [0.15, 0.2) is 11.5 Å². The largest absolute Gasteiger partial charge is 0.490 e. The van der Waals surface area contributed by atoms with E-state index >= 15 is 0 Å². The minimum absolute atomic E-state index is 0.0594. The van der Waals surface area contributed by atoms with Crippen LogP contribution in [0.25, 0.3) is 6.08 Å². The zero-order valence-corrected chi connectivity index (χ0v) is 22.6. The molecule has 1 aliphatic rings. The van der Waals surface area contributed by atoms with E-state index in [1.165, 1.54) is 0 Å². The smallest absolute Gasteiger partial charge is 0.264 e. The zero-order valence-electron chi connectivity index (χ0n) is 21.1. The number of hydrogen-bond donors (Lipinski definition) is 0. The lowest BCUT2D eigenvalue weighted by molar-refractivity contribution is -0.126. The Labute approximate surface area is 231 Å². The molecule has 0 bridgehead atoms. The summed E-state index contributed by atoms with van der Waals surface area (Å²) in [6, 6.07) is 25.1. The molecule has 0 aromatic heterocycles. The quantitative estimate of drug-likeness (QED) is 0.260. The Hall–Kier alpha value is -4.27. The third-order valence-corrected chi connectivity index (χ3v) is 6.78. The maximum absolute atomic E-state index is 13.2. The lowest BCUT2D eigenvalue weighted by Crippen LogP contribution is -2.49. The number of halogens is 1. The number of ether oxygens (including phenoxy) is 2. The molecule has 1 aliphatic heterocycles. The van der Waals surface area contributed by atoms with Crippen molar-refractivity contribution in [3.63, 3.8) is 0 Å². The van der Waals surface area contributed by atoms with Crippen LogP contribution in [0.4, 0.5) is 5.69 Å². The molecule has 0 spiro atoms. The van der Waals surface area contributed by atoms with Crippen LogP contribution in [0.3, 0.4) is 0 Å². The maximum Gasteiger partial charge on any atom is 0.264 e. The van der Waals surface area contributed by atoms with Gasteiger partial charge in [-0.05, 0) is 64.8 Å². The third kappa shape index (κ3) is 6.34. The van der Waals surface area contributed by atoms with Crippen LogP contribution in [0.15, 0.2) is 76.8 Å². The average Bonchev–Trinajstić information content (AvgIpc) is 2.96. The van der Waals surface area contributed by atoms with Crippen molar-refractivity contribution in [2.45, 2.75) is 13.5 Å². The first kappa shape index (κ1) is 26.8. The monoisotopic (exact) mass is 570 g/mol. The van der Waals surface area contributed by atoms with Crippen molar-refractivity contribution in [3.05, 3.63) is 93.5 Å². The van der Waals surface area contributed by atoms with E-state index in [-0.39, 0.29) is 18.1 Å². The van der Waals surface area contributed by atoms with E-state index in [2.05, 4.69) is 45.1 Å². The maximum atomic E-state index is 13.2. The number of carbonyl (C=O) groups excluding carboxylic acids is 1. The molecule has 0 radical (unpaired) electrons. The summed E-state index contributed by atoms with van der Waals surface area (Å²) in [5, 5.41) is 19.2. The van der Waals surface area contributed by atoms with Gasteiger partial charge in [0, 0.05) is 37.4 Å². The van der Waals surface area contributed by atoms with Gasteiger partial charge in [0.1, 0.15) is 18.2 Å². The van der Waals surface area contributed by atoms with Crippen LogP contribution >= 0.6 is 15.9 Å². The molecule has 0 atom stereocenters. The number of piperazine rings is 1. The topological polar surface area (TPSA) is 89.6 Å². The van der Waals surface area contributed by atoms with Crippen molar-refractivity contribution >= 4 is 33.6 Å². The number of hydrogen-bond acceptors (Lipinski definition) is 6. The summed E-state index contributed by atoms with van der Waals surface area (Å²) in [5.41, 5.74) is 3.13. The van der Waals surface area contributed by atoms with Crippen LogP contribution < -0.4 is 14.4 Å². The fourth-order valence-corrected chi connectivity index (χ4v) is 4.84. The summed E-state index contributed by atoms with van der Waals surface area (Å²) in [4.78, 5) is 17.1. The summed E-state index contributed by atoms with van der Waals surface area (Å²) in [6.45, 7) is 4.94. The highest BCUT2D eigenvalue weighted by atomic mass is 79.9. The second-order valence-corrected chi connectivity index (χ2v) is 9.46. The van der Waals surface area contributed by atoms with Crippen molar-refractivity contribution in [1.82, 2.24) is 4.90 Å². The molecule has 1 heterocycles. The molecule has 0 aliphatic carbocycles. The lowest BCUT2D eigenvalue weighted by atomic mass is 10.1. The Morgan fingerprint density at radius 2 is 1.71 bits per heavy atom. The van der Waals surface area contributed by atoms with E-state index in [0.29, 0.717) is 59.9 Å². The van der Waals surface area contributed by atoms with Crippen LogP contribution in [0.5, 0.6) is 11.5 Å². The number of anilines is 1. The molecule has 1 saturated heterocycles. The minimum atomic E-state index is -0.289. The molecule has 1 amide bonds. The second-order valence-electron chi connectivity index (χ2n) is 8.61. The zero-order chi connectivity index (χ0) is 26.9. The SMILES string of the molecule is CCOc1cc(/C=C(/C#N)C(=O)N2CCN(c3ccccc3)CC2)cc(Br)c1OCc1ccccc1C#N. The molecule has 0 unspecified atom stereocenters. The number of nitriles is 2. The summed E-state index contributed by atoms with van der Waals surface area (Å²) >= 11 is 3.55. The van der Waals surface area contributed by atoms with Gasteiger partial charge in [-0.25, -0.2) is 0 Å². The molecule has 1 fully saturated rings. The van der Waals surface area contributed by atoms with Crippen molar-refractivity contribution in [1.29, 1.82) is 10.5 Å². The van der Waals surface area contributed by atoms with Gasteiger partial charge in [-0.2, -0.15) is 10.5 Å². The molecule has 7 nitrogen and oxygen atoms in total. The van der Waals surface area contributed by atoms with Gasteiger partial charge in [-0.3, -0.25) is 4.79 Å². The van der Waals surface area contributed by atoms with E-state index in [0.717, 1.165) is 11.3 Å². The first-order chi connectivity index (χ1) is 18.5. The van der Waals surface area contributed by atoms with Gasteiger partial charge >= 0.3 is 0 Å². The summed E-state index contributed by atoms with van der Waals surface area (Å²) < 4.78 is 12.5. The van der Waals surface area contributed by atoms with Crippen molar-refractivity contribution < 1.29 is 14.3 Å². The molecule has 8 heteroatoms. The Bertz CT molecular complexity index is 1400. The van der Waals surface area contributed by atoms with Gasteiger partial charge in [0.05, 0.1) is 22.7 Å². The Morgan fingerprint density at radius 1 is 1.00 bits per heavy atom. The minimum Gasteiger partial charge on any atom is -0.490 e. The normalized spacial score (nSPS) is 13.4. The predicted octanol–water partition coefficient (Wildman–Crippen LogP) is 5.55. The van der Waals surface area contributed by atoms with Crippen LogP contribution in [0.2, 0.25) is 0 Å². The highest BCUT2D eigenvalue weighted by molar-refractivity contribution is 9.10. The first-order valence-electron chi connectivity index (χ1n) is 12.3. The van der Waals surface area contributed by atoms with Crippen molar-refractivity contribution in [2.75, 3.05) is 37.7 Å². The summed E-state index contributed by atoms with van der Waals surface area (Å²) in [5.74, 6) is 0.671.